The van der Waals surface area contributed by atoms with Crippen LogP contribution in [0.4, 0.5) is 0 Å². The smallest absolute Gasteiger partial charge is 0.265 e. The molecule has 0 aromatic carbocycles. The van der Waals surface area contributed by atoms with Crippen LogP contribution in [0, 0.1) is 11.3 Å². The van der Waals surface area contributed by atoms with Gasteiger partial charge in [0, 0.05) is 13.2 Å². The van der Waals surface area contributed by atoms with E-state index in [4.69, 9.17) is 9.29 Å². The standard InChI is InChI=1S/C9H16O4S/c10-14(11,12)7-8-5-9(6-8)1-3-13-4-2-9/h8H,1-7H2,(H,10,11,12). The largest absolute Gasteiger partial charge is 0.381 e. The summed E-state index contributed by atoms with van der Waals surface area (Å²) in [5, 5.41) is 0. The Morgan fingerprint density at radius 3 is 2.36 bits per heavy atom. The summed E-state index contributed by atoms with van der Waals surface area (Å²) in [6, 6.07) is 0. The summed E-state index contributed by atoms with van der Waals surface area (Å²) in [5.74, 6) is 0.110. The van der Waals surface area contributed by atoms with Gasteiger partial charge in [0.2, 0.25) is 0 Å². The van der Waals surface area contributed by atoms with E-state index < -0.39 is 10.1 Å². The van der Waals surface area contributed by atoms with Crippen molar-refractivity contribution < 1.29 is 17.7 Å². The molecule has 0 bridgehead atoms. The Bertz CT molecular complexity index is 295. The fourth-order valence-corrected chi connectivity index (χ4v) is 3.62. The molecule has 2 fully saturated rings. The quantitative estimate of drug-likeness (QED) is 0.707. The van der Waals surface area contributed by atoms with Crippen LogP contribution in [0.25, 0.3) is 0 Å². The van der Waals surface area contributed by atoms with Gasteiger partial charge in [-0.25, -0.2) is 0 Å². The first-order valence-electron chi connectivity index (χ1n) is 5.02. The fraction of sp³-hybridized carbons (Fsp3) is 1.00. The van der Waals surface area contributed by atoms with Crippen LogP contribution >= 0.6 is 0 Å². The average Bonchev–Trinajstić information content (AvgIpc) is 2.00. The molecule has 1 heterocycles. The lowest BCUT2D eigenvalue weighted by Crippen LogP contribution is -2.44. The second-order valence-electron chi connectivity index (χ2n) is 4.64. The van der Waals surface area contributed by atoms with Gasteiger partial charge in [0.25, 0.3) is 10.1 Å². The van der Waals surface area contributed by atoms with Crippen molar-refractivity contribution in [1.82, 2.24) is 0 Å². The molecule has 2 rings (SSSR count). The predicted molar refractivity (Wildman–Crippen MR) is 51.6 cm³/mol. The number of rotatable bonds is 2. The van der Waals surface area contributed by atoms with Crippen LogP contribution in [-0.2, 0) is 14.9 Å². The molecule has 14 heavy (non-hydrogen) atoms. The summed E-state index contributed by atoms with van der Waals surface area (Å²) in [6.45, 7) is 1.61. The Labute approximate surface area is 84.4 Å². The monoisotopic (exact) mass is 220 g/mol. The molecule has 1 aliphatic carbocycles. The van der Waals surface area contributed by atoms with Crippen molar-refractivity contribution >= 4 is 10.1 Å². The molecular formula is C9H16O4S. The molecule has 0 aromatic rings. The molecule has 0 unspecified atom stereocenters. The molecule has 0 aromatic heterocycles. The van der Waals surface area contributed by atoms with Crippen LogP contribution in [0.2, 0.25) is 0 Å². The highest BCUT2D eigenvalue weighted by Gasteiger charge is 2.45. The summed E-state index contributed by atoms with van der Waals surface area (Å²) in [7, 11) is -3.77. The van der Waals surface area contributed by atoms with Gasteiger partial charge >= 0.3 is 0 Å². The van der Waals surface area contributed by atoms with Crippen molar-refractivity contribution in [3.8, 4) is 0 Å². The average molecular weight is 220 g/mol. The minimum atomic E-state index is -3.77. The van der Waals surface area contributed by atoms with Gasteiger partial charge in [-0.1, -0.05) is 0 Å². The van der Waals surface area contributed by atoms with Crippen LogP contribution in [-0.4, -0.2) is 31.9 Å². The molecule has 0 atom stereocenters. The Balaban J connectivity index is 1.83. The molecule has 5 heteroatoms. The normalized spacial score (nSPS) is 27.5. The number of hydrogen-bond donors (Lipinski definition) is 1. The molecular weight excluding hydrogens is 204 g/mol. The van der Waals surface area contributed by atoms with Crippen molar-refractivity contribution in [2.45, 2.75) is 25.7 Å². The Morgan fingerprint density at radius 1 is 1.29 bits per heavy atom. The van der Waals surface area contributed by atoms with Gasteiger partial charge < -0.3 is 4.74 Å². The van der Waals surface area contributed by atoms with Gasteiger partial charge in [-0.15, -0.1) is 0 Å². The molecule has 1 saturated heterocycles. The van der Waals surface area contributed by atoms with Gasteiger partial charge in [-0.2, -0.15) is 8.42 Å². The lowest BCUT2D eigenvalue weighted by molar-refractivity contribution is -0.0533. The van der Waals surface area contributed by atoms with Crippen LogP contribution in [0.15, 0.2) is 0 Å². The van der Waals surface area contributed by atoms with Crippen molar-refractivity contribution in [2.75, 3.05) is 19.0 Å². The predicted octanol–water partition coefficient (Wildman–Crippen LogP) is 1.08. The van der Waals surface area contributed by atoms with Crippen LogP contribution in [0.3, 0.4) is 0 Å². The highest BCUT2D eigenvalue weighted by Crippen LogP contribution is 2.52. The van der Waals surface area contributed by atoms with E-state index in [-0.39, 0.29) is 11.7 Å². The van der Waals surface area contributed by atoms with Gasteiger partial charge in [-0.05, 0) is 37.0 Å². The zero-order valence-corrected chi connectivity index (χ0v) is 8.92. The first-order valence-corrected chi connectivity index (χ1v) is 6.63. The summed E-state index contributed by atoms with van der Waals surface area (Å²) in [4.78, 5) is 0. The van der Waals surface area contributed by atoms with Gasteiger partial charge in [0.1, 0.15) is 0 Å². The topological polar surface area (TPSA) is 63.6 Å². The van der Waals surface area contributed by atoms with Crippen molar-refractivity contribution in [3.05, 3.63) is 0 Å². The van der Waals surface area contributed by atoms with E-state index in [1.807, 2.05) is 0 Å². The maximum Gasteiger partial charge on any atom is 0.265 e. The van der Waals surface area contributed by atoms with Crippen molar-refractivity contribution in [2.24, 2.45) is 11.3 Å². The molecule has 1 spiro atoms. The molecule has 1 N–H and O–H groups in total. The fourth-order valence-electron chi connectivity index (χ4n) is 2.79. The molecule has 1 saturated carbocycles. The molecule has 0 amide bonds. The third-order valence-corrected chi connectivity index (χ3v) is 4.34. The van der Waals surface area contributed by atoms with Crippen LogP contribution < -0.4 is 0 Å². The Morgan fingerprint density at radius 2 is 1.86 bits per heavy atom. The Hall–Kier alpha value is -0.130. The van der Waals surface area contributed by atoms with E-state index in [1.54, 1.807) is 0 Å². The third kappa shape index (κ3) is 2.27. The summed E-state index contributed by atoms with van der Waals surface area (Å²) in [6.07, 6.45) is 3.98. The minimum Gasteiger partial charge on any atom is -0.381 e. The van der Waals surface area contributed by atoms with E-state index in [0.717, 1.165) is 38.9 Å². The van der Waals surface area contributed by atoms with Crippen LogP contribution in [0.5, 0.6) is 0 Å². The second kappa shape index (κ2) is 3.47. The molecule has 0 radical (unpaired) electrons. The van der Waals surface area contributed by atoms with E-state index >= 15 is 0 Å². The first-order chi connectivity index (χ1) is 6.49. The molecule has 4 nitrogen and oxygen atoms in total. The lowest BCUT2D eigenvalue weighted by Gasteiger charge is -2.49. The van der Waals surface area contributed by atoms with Gasteiger partial charge in [0.15, 0.2) is 0 Å². The maximum atomic E-state index is 10.6. The van der Waals surface area contributed by atoms with Crippen molar-refractivity contribution in [3.63, 3.8) is 0 Å². The highest BCUT2D eigenvalue weighted by atomic mass is 32.2. The number of hydrogen-bond acceptors (Lipinski definition) is 3. The molecule has 2 aliphatic rings. The molecule has 82 valence electrons. The minimum absolute atomic E-state index is 0.0599. The summed E-state index contributed by atoms with van der Waals surface area (Å²) in [5.41, 5.74) is 0.341. The van der Waals surface area contributed by atoms with Gasteiger partial charge in [-0.3, -0.25) is 4.55 Å². The van der Waals surface area contributed by atoms with Crippen molar-refractivity contribution in [1.29, 1.82) is 0 Å². The SMILES string of the molecule is O=S(=O)(O)CC1CC2(CCOCC2)C1. The lowest BCUT2D eigenvalue weighted by atomic mass is 9.59. The zero-order valence-electron chi connectivity index (χ0n) is 8.11. The second-order valence-corrected chi connectivity index (χ2v) is 6.13. The van der Waals surface area contributed by atoms with E-state index in [0.29, 0.717) is 5.41 Å². The summed E-state index contributed by atoms with van der Waals surface area (Å²) >= 11 is 0. The van der Waals surface area contributed by atoms with E-state index in [1.165, 1.54) is 0 Å². The Kier molecular flexibility index (Phi) is 2.57. The number of ether oxygens (including phenoxy) is 1. The van der Waals surface area contributed by atoms with E-state index in [9.17, 15) is 8.42 Å². The zero-order chi connectivity index (χ0) is 10.2. The molecule has 1 aliphatic heterocycles. The maximum absolute atomic E-state index is 10.6. The highest BCUT2D eigenvalue weighted by molar-refractivity contribution is 7.85. The van der Waals surface area contributed by atoms with Crippen LogP contribution in [0.1, 0.15) is 25.7 Å². The third-order valence-electron chi connectivity index (χ3n) is 3.44. The first kappa shape index (κ1) is 10.4. The summed E-state index contributed by atoms with van der Waals surface area (Å²) < 4.78 is 35.2. The van der Waals surface area contributed by atoms with E-state index in [2.05, 4.69) is 0 Å². The van der Waals surface area contributed by atoms with Gasteiger partial charge in [0.05, 0.1) is 5.75 Å².